The molecule has 3 rings (SSSR count). The van der Waals surface area contributed by atoms with Crippen LogP contribution in [0.25, 0.3) is 0 Å². The number of carbonyl (C=O) groups is 2. The van der Waals surface area contributed by atoms with E-state index in [0.717, 1.165) is 11.1 Å². The van der Waals surface area contributed by atoms with Crippen molar-refractivity contribution in [3.63, 3.8) is 0 Å². The molecule has 0 saturated carbocycles. The fourth-order valence-corrected chi connectivity index (χ4v) is 3.74. The second-order valence-electron chi connectivity index (χ2n) is 7.94. The normalized spacial score (nSPS) is 18.4. The molecule has 0 aliphatic carbocycles. The van der Waals surface area contributed by atoms with Crippen LogP contribution < -0.4 is 25.4 Å². The fourth-order valence-electron chi connectivity index (χ4n) is 3.74. The molecule has 2 aromatic rings. The van der Waals surface area contributed by atoms with Crippen LogP contribution in [0.15, 0.2) is 48.5 Å². The first-order valence-corrected chi connectivity index (χ1v) is 10.8. The van der Waals surface area contributed by atoms with E-state index in [2.05, 4.69) is 16.0 Å². The van der Waals surface area contributed by atoms with Crippen LogP contribution in [0.3, 0.4) is 0 Å². The van der Waals surface area contributed by atoms with Crippen molar-refractivity contribution in [3.05, 3.63) is 59.7 Å². The van der Waals surface area contributed by atoms with Gasteiger partial charge in [-0.1, -0.05) is 30.3 Å². The molecule has 0 aromatic heterocycles. The first-order valence-electron chi connectivity index (χ1n) is 10.8. The lowest BCUT2D eigenvalue weighted by atomic mass is 9.79. The number of hydrogen-bond donors (Lipinski definition) is 4. The van der Waals surface area contributed by atoms with Crippen molar-refractivity contribution in [3.8, 4) is 11.5 Å². The first kappa shape index (κ1) is 24.4. The summed E-state index contributed by atoms with van der Waals surface area (Å²) in [6, 6.07) is 13.3. The van der Waals surface area contributed by atoms with Crippen LogP contribution in [0.4, 0.5) is 4.79 Å². The molecule has 4 N–H and O–H groups in total. The van der Waals surface area contributed by atoms with E-state index in [1.54, 1.807) is 32.4 Å². The molecule has 1 aliphatic rings. The highest BCUT2D eigenvalue weighted by atomic mass is 16.5. The maximum Gasteiger partial charge on any atom is 0.478 e. The minimum absolute atomic E-state index is 0.160. The number of hydrogen-bond acceptors (Lipinski definition) is 6. The van der Waals surface area contributed by atoms with E-state index >= 15 is 0 Å². The molecule has 176 valence electrons. The van der Waals surface area contributed by atoms with Gasteiger partial charge < -0.3 is 35.1 Å². The number of amides is 3. The molecule has 1 saturated heterocycles. The third kappa shape index (κ3) is 6.87. The summed E-state index contributed by atoms with van der Waals surface area (Å²) < 4.78 is 15.9. The first-order chi connectivity index (χ1) is 15.9. The maximum atomic E-state index is 13.0. The SMILES string of the molecule is COc1ccc(OC)c(CNC(=O)N[C@@H](Cc2ccccc2)C(=O)N[C@H]2CC(C)OB2O)c1. The molecule has 1 unspecified atom stereocenters. The van der Waals surface area contributed by atoms with E-state index in [-0.39, 0.29) is 12.6 Å². The lowest BCUT2D eigenvalue weighted by Gasteiger charge is -2.21. The number of ether oxygens (including phenoxy) is 2. The van der Waals surface area contributed by atoms with Crippen LogP contribution in [-0.2, 0) is 22.4 Å². The molecule has 3 atom stereocenters. The molecule has 1 fully saturated rings. The highest BCUT2D eigenvalue weighted by Gasteiger charge is 2.39. The largest absolute Gasteiger partial charge is 0.497 e. The van der Waals surface area contributed by atoms with Gasteiger partial charge in [-0.05, 0) is 37.1 Å². The van der Waals surface area contributed by atoms with E-state index < -0.39 is 31.0 Å². The number of urea groups is 1. The molecular weight excluding hydrogens is 425 g/mol. The van der Waals surface area contributed by atoms with Crippen molar-refractivity contribution in [2.75, 3.05) is 14.2 Å². The van der Waals surface area contributed by atoms with Crippen molar-refractivity contribution in [2.45, 2.75) is 44.4 Å². The van der Waals surface area contributed by atoms with Crippen molar-refractivity contribution in [1.82, 2.24) is 16.0 Å². The predicted molar refractivity (Wildman–Crippen MR) is 124 cm³/mol. The second kappa shape index (κ2) is 11.6. The molecule has 3 amide bonds. The molecule has 0 radical (unpaired) electrons. The van der Waals surface area contributed by atoms with Crippen molar-refractivity contribution in [1.29, 1.82) is 0 Å². The van der Waals surface area contributed by atoms with E-state index in [1.165, 1.54) is 0 Å². The summed E-state index contributed by atoms with van der Waals surface area (Å²) in [6.45, 7) is 2.01. The number of carbonyl (C=O) groups excluding carboxylic acids is 2. The van der Waals surface area contributed by atoms with E-state index in [1.807, 2.05) is 37.3 Å². The Morgan fingerprint density at radius 2 is 1.94 bits per heavy atom. The number of benzene rings is 2. The minimum Gasteiger partial charge on any atom is -0.497 e. The number of nitrogens with one attached hydrogen (secondary N) is 3. The molecule has 33 heavy (non-hydrogen) atoms. The Balaban J connectivity index is 1.66. The van der Waals surface area contributed by atoms with E-state index in [0.29, 0.717) is 24.3 Å². The summed E-state index contributed by atoms with van der Waals surface area (Å²) in [7, 11) is 2.04. The highest BCUT2D eigenvalue weighted by Crippen LogP contribution is 2.23. The van der Waals surface area contributed by atoms with Gasteiger partial charge in [0.05, 0.1) is 20.2 Å². The van der Waals surface area contributed by atoms with Gasteiger partial charge in [0.25, 0.3) is 0 Å². The summed E-state index contributed by atoms with van der Waals surface area (Å²) in [5.41, 5.74) is 1.63. The van der Waals surface area contributed by atoms with Crippen LogP contribution in [0.2, 0.25) is 0 Å². The zero-order chi connectivity index (χ0) is 23.8. The summed E-state index contributed by atoms with van der Waals surface area (Å²) in [5.74, 6) is 0.325. The van der Waals surface area contributed by atoms with Gasteiger partial charge in [-0.2, -0.15) is 0 Å². The van der Waals surface area contributed by atoms with Crippen LogP contribution in [0, 0.1) is 0 Å². The molecule has 2 aromatic carbocycles. The number of rotatable bonds is 9. The van der Waals surface area contributed by atoms with Gasteiger partial charge in [-0.25, -0.2) is 4.79 Å². The standard InChI is InChI=1S/C23H30BN3O6/c1-15-11-21(24(30)33-15)27-22(28)19(12-16-7-5-4-6-8-16)26-23(29)25-14-17-13-18(31-2)9-10-20(17)32-3/h4-10,13,15,19,21,30H,11-12,14H2,1-3H3,(H,27,28)(H2,25,26,29)/t15?,19-,21-/m0/s1. The third-order valence-electron chi connectivity index (χ3n) is 5.46. The summed E-state index contributed by atoms with van der Waals surface area (Å²) in [6.07, 6.45) is 0.626. The topological polar surface area (TPSA) is 118 Å². The van der Waals surface area contributed by atoms with E-state index in [9.17, 15) is 14.6 Å². The maximum absolute atomic E-state index is 13.0. The zero-order valence-corrected chi connectivity index (χ0v) is 19.0. The summed E-state index contributed by atoms with van der Waals surface area (Å²) in [5, 5.41) is 18.3. The molecule has 9 nitrogen and oxygen atoms in total. The van der Waals surface area contributed by atoms with E-state index in [4.69, 9.17) is 14.1 Å². The molecule has 0 spiro atoms. The third-order valence-corrected chi connectivity index (χ3v) is 5.46. The van der Waals surface area contributed by atoms with Crippen molar-refractivity contribution in [2.24, 2.45) is 0 Å². The lowest BCUT2D eigenvalue weighted by Crippen LogP contribution is -2.54. The molecule has 1 heterocycles. The lowest BCUT2D eigenvalue weighted by molar-refractivity contribution is -0.123. The van der Waals surface area contributed by atoms with Gasteiger partial charge in [-0.15, -0.1) is 0 Å². The second-order valence-corrected chi connectivity index (χ2v) is 7.94. The van der Waals surface area contributed by atoms with Gasteiger partial charge in [0.15, 0.2) is 0 Å². The van der Waals surface area contributed by atoms with Gasteiger partial charge >= 0.3 is 13.1 Å². The van der Waals surface area contributed by atoms with Crippen LogP contribution in [0.5, 0.6) is 11.5 Å². The quantitative estimate of drug-likeness (QED) is 0.425. The number of methoxy groups -OCH3 is 2. The van der Waals surface area contributed by atoms with Crippen molar-refractivity contribution >= 4 is 19.1 Å². The van der Waals surface area contributed by atoms with Gasteiger partial charge in [0.1, 0.15) is 17.5 Å². The van der Waals surface area contributed by atoms with Gasteiger partial charge in [-0.3, -0.25) is 4.79 Å². The van der Waals surface area contributed by atoms with Gasteiger partial charge in [0, 0.05) is 24.6 Å². The molecule has 10 heteroatoms. The Labute approximate surface area is 193 Å². The fraction of sp³-hybridized carbons (Fsp3) is 0.391. The van der Waals surface area contributed by atoms with Crippen molar-refractivity contribution < 1.29 is 28.7 Å². The van der Waals surface area contributed by atoms with Gasteiger partial charge in [0.2, 0.25) is 5.91 Å². The average molecular weight is 455 g/mol. The molecule has 0 bridgehead atoms. The molecule has 1 aliphatic heterocycles. The Morgan fingerprint density at radius 1 is 1.18 bits per heavy atom. The molecular formula is C23H30BN3O6. The summed E-state index contributed by atoms with van der Waals surface area (Å²) >= 11 is 0. The van der Waals surface area contributed by atoms with Crippen LogP contribution in [-0.4, -0.2) is 56.4 Å². The van der Waals surface area contributed by atoms with Crippen LogP contribution >= 0.6 is 0 Å². The Kier molecular flexibility index (Phi) is 8.56. The Bertz CT molecular complexity index is 945. The predicted octanol–water partition coefficient (Wildman–Crippen LogP) is 1.43. The summed E-state index contributed by atoms with van der Waals surface area (Å²) in [4.78, 5) is 25.7. The monoisotopic (exact) mass is 455 g/mol. The Morgan fingerprint density at radius 3 is 2.58 bits per heavy atom. The average Bonchev–Trinajstić information content (AvgIpc) is 3.13. The smallest absolute Gasteiger partial charge is 0.478 e. The van der Waals surface area contributed by atoms with Crippen LogP contribution in [0.1, 0.15) is 24.5 Å². The zero-order valence-electron chi connectivity index (χ0n) is 19.0. The highest BCUT2D eigenvalue weighted by molar-refractivity contribution is 6.46. The minimum atomic E-state index is -1.07. The Hall–Kier alpha value is -3.24.